The number of likely N-dealkylation sites (N-methyl/N-ethyl adjacent to an activating group) is 1. The Morgan fingerprint density at radius 2 is 2.04 bits per heavy atom. The van der Waals surface area contributed by atoms with Gasteiger partial charge in [0.05, 0.1) is 13.2 Å². The molecule has 0 radical (unpaired) electrons. The van der Waals surface area contributed by atoms with Crippen molar-refractivity contribution in [3.8, 4) is 0 Å². The molecule has 1 saturated heterocycles. The molecule has 0 saturated carbocycles. The first-order valence-corrected chi connectivity index (χ1v) is 9.70. The Morgan fingerprint density at radius 3 is 2.71 bits per heavy atom. The Morgan fingerprint density at radius 1 is 1.29 bits per heavy atom. The lowest BCUT2D eigenvalue weighted by atomic mass is 10.1. The lowest BCUT2D eigenvalue weighted by Crippen LogP contribution is -2.41. The van der Waals surface area contributed by atoms with Crippen molar-refractivity contribution >= 4 is 29.9 Å². The maximum atomic E-state index is 12.9. The van der Waals surface area contributed by atoms with Crippen LogP contribution in [-0.4, -0.2) is 71.0 Å². The summed E-state index contributed by atoms with van der Waals surface area (Å²) < 4.78 is 24.0. The lowest BCUT2D eigenvalue weighted by molar-refractivity contribution is 0.0888. The number of hydrogen-bond acceptors (Lipinski definition) is 4. The number of guanidine groups is 1. The van der Waals surface area contributed by atoms with Crippen LogP contribution in [0, 0.1) is 11.7 Å². The molecule has 1 unspecified atom stereocenters. The van der Waals surface area contributed by atoms with Crippen LogP contribution in [0.3, 0.4) is 0 Å². The van der Waals surface area contributed by atoms with E-state index in [-0.39, 0.29) is 29.8 Å². The van der Waals surface area contributed by atoms with Crippen LogP contribution in [-0.2, 0) is 16.0 Å². The fraction of sp³-hybridized carbons (Fsp3) is 0.650. The van der Waals surface area contributed by atoms with Gasteiger partial charge < -0.3 is 25.0 Å². The van der Waals surface area contributed by atoms with Crippen molar-refractivity contribution in [3.63, 3.8) is 0 Å². The van der Waals surface area contributed by atoms with Crippen LogP contribution in [0.2, 0.25) is 0 Å². The first kappa shape index (κ1) is 25.1. The molecular weight excluding hydrogens is 474 g/mol. The predicted molar refractivity (Wildman–Crippen MR) is 122 cm³/mol. The van der Waals surface area contributed by atoms with Crippen molar-refractivity contribution in [2.75, 3.05) is 60.2 Å². The maximum absolute atomic E-state index is 12.9. The van der Waals surface area contributed by atoms with Gasteiger partial charge in [-0.05, 0) is 37.6 Å². The highest BCUT2D eigenvalue weighted by molar-refractivity contribution is 14.0. The van der Waals surface area contributed by atoms with Gasteiger partial charge in [-0.1, -0.05) is 12.1 Å². The van der Waals surface area contributed by atoms with Crippen LogP contribution in [0.5, 0.6) is 0 Å². The number of nitrogens with one attached hydrogen (secondary N) is 2. The molecule has 28 heavy (non-hydrogen) atoms. The van der Waals surface area contributed by atoms with Crippen LogP contribution in [0.15, 0.2) is 29.3 Å². The minimum absolute atomic E-state index is 0. The summed E-state index contributed by atoms with van der Waals surface area (Å²) in [7, 11) is 3.82. The smallest absolute Gasteiger partial charge is 0.191 e. The first-order valence-electron chi connectivity index (χ1n) is 9.70. The van der Waals surface area contributed by atoms with Gasteiger partial charge in [0, 0.05) is 52.4 Å². The Balaban J connectivity index is 0.00000392. The number of benzene rings is 1. The second-order valence-electron chi connectivity index (χ2n) is 6.95. The van der Waals surface area contributed by atoms with E-state index in [1.54, 1.807) is 7.05 Å². The van der Waals surface area contributed by atoms with Gasteiger partial charge in [-0.15, -0.1) is 24.0 Å². The molecule has 1 aliphatic rings. The second-order valence-corrected chi connectivity index (χ2v) is 6.95. The molecule has 0 aromatic heterocycles. The number of ether oxygens (including phenoxy) is 2. The largest absolute Gasteiger partial charge is 0.381 e. The Kier molecular flexibility index (Phi) is 13.4. The average molecular weight is 508 g/mol. The van der Waals surface area contributed by atoms with E-state index < -0.39 is 0 Å². The van der Waals surface area contributed by atoms with E-state index in [9.17, 15) is 4.39 Å². The number of aliphatic imine (C=N–C) groups is 1. The molecule has 0 bridgehead atoms. The number of halogens is 2. The van der Waals surface area contributed by atoms with Crippen LogP contribution >= 0.6 is 24.0 Å². The molecule has 1 aromatic carbocycles. The molecule has 1 atom stereocenters. The summed E-state index contributed by atoms with van der Waals surface area (Å²) in [6.45, 7) is 6.53. The SMILES string of the molecule is CN=C(NCCCOCC1CCOC1)NCCN(C)Cc1ccc(F)cc1.I. The third-order valence-electron chi connectivity index (χ3n) is 4.51. The summed E-state index contributed by atoms with van der Waals surface area (Å²) in [5.74, 6) is 1.17. The summed E-state index contributed by atoms with van der Waals surface area (Å²) in [4.78, 5) is 6.42. The van der Waals surface area contributed by atoms with Crippen LogP contribution in [0.25, 0.3) is 0 Å². The maximum Gasteiger partial charge on any atom is 0.191 e. The topological polar surface area (TPSA) is 58.1 Å². The zero-order valence-electron chi connectivity index (χ0n) is 17.0. The molecule has 2 rings (SSSR count). The van der Waals surface area contributed by atoms with Crippen molar-refractivity contribution in [3.05, 3.63) is 35.6 Å². The fourth-order valence-corrected chi connectivity index (χ4v) is 2.91. The lowest BCUT2D eigenvalue weighted by Gasteiger charge is -2.18. The van der Waals surface area contributed by atoms with Gasteiger partial charge in [-0.3, -0.25) is 4.99 Å². The summed E-state index contributed by atoms with van der Waals surface area (Å²) in [6, 6.07) is 6.64. The first-order chi connectivity index (χ1) is 13.2. The van der Waals surface area contributed by atoms with Crippen molar-refractivity contribution < 1.29 is 13.9 Å². The van der Waals surface area contributed by atoms with Crippen LogP contribution in [0.4, 0.5) is 4.39 Å². The van der Waals surface area contributed by atoms with Gasteiger partial charge >= 0.3 is 0 Å². The predicted octanol–water partition coefficient (Wildman–Crippen LogP) is 2.48. The zero-order valence-corrected chi connectivity index (χ0v) is 19.3. The molecule has 6 nitrogen and oxygen atoms in total. The van der Waals surface area contributed by atoms with E-state index in [1.807, 2.05) is 19.2 Å². The molecule has 1 aliphatic heterocycles. The van der Waals surface area contributed by atoms with E-state index in [4.69, 9.17) is 9.47 Å². The number of hydrogen-bond donors (Lipinski definition) is 2. The van der Waals surface area contributed by atoms with Gasteiger partial charge in [-0.25, -0.2) is 4.39 Å². The molecule has 1 heterocycles. The molecular formula is C20H34FIN4O2. The van der Waals surface area contributed by atoms with E-state index in [0.717, 1.165) is 77.0 Å². The molecule has 0 aliphatic carbocycles. The third-order valence-corrected chi connectivity index (χ3v) is 4.51. The number of nitrogens with zero attached hydrogens (tertiary/aromatic N) is 2. The Labute approximate surface area is 185 Å². The highest BCUT2D eigenvalue weighted by Gasteiger charge is 2.15. The molecule has 8 heteroatoms. The summed E-state index contributed by atoms with van der Waals surface area (Å²) >= 11 is 0. The fourth-order valence-electron chi connectivity index (χ4n) is 2.91. The van der Waals surface area contributed by atoms with Crippen molar-refractivity contribution in [1.29, 1.82) is 0 Å². The van der Waals surface area contributed by atoms with Crippen molar-refractivity contribution in [2.45, 2.75) is 19.4 Å². The minimum atomic E-state index is -0.198. The van der Waals surface area contributed by atoms with E-state index in [1.165, 1.54) is 12.1 Å². The van der Waals surface area contributed by atoms with E-state index >= 15 is 0 Å². The van der Waals surface area contributed by atoms with Crippen LogP contribution in [0.1, 0.15) is 18.4 Å². The third kappa shape index (κ3) is 10.5. The van der Waals surface area contributed by atoms with Gasteiger partial charge in [0.25, 0.3) is 0 Å². The molecule has 160 valence electrons. The highest BCUT2D eigenvalue weighted by Crippen LogP contribution is 2.12. The molecule has 0 spiro atoms. The monoisotopic (exact) mass is 508 g/mol. The highest BCUT2D eigenvalue weighted by atomic mass is 127. The minimum Gasteiger partial charge on any atom is -0.381 e. The molecule has 1 aromatic rings. The van der Waals surface area contributed by atoms with Gasteiger partial charge in [0.2, 0.25) is 0 Å². The normalized spacial score (nSPS) is 16.9. The van der Waals surface area contributed by atoms with Gasteiger partial charge in [0.1, 0.15) is 5.82 Å². The van der Waals surface area contributed by atoms with Crippen molar-refractivity contribution in [1.82, 2.24) is 15.5 Å². The summed E-state index contributed by atoms with van der Waals surface area (Å²) in [6.07, 6.45) is 2.06. The summed E-state index contributed by atoms with van der Waals surface area (Å²) in [5, 5.41) is 6.61. The molecule has 2 N–H and O–H groups in total. The Bertz CT molecular complexity index is 554. The molecule has 0 amide bonds. The summed E-state index contributed by atoms with van der Waals surface area (Å²) in [5.41, 5.74) is 1.10. The van der Waals surface area contributed by atoms with Gasteiger partial charge in [-0.2, -0.15) is 0 Å². The quantitative estimate of drug-likeness (QED) is 0.208. The van der Waals surface area contributed by atoms with E-state index in [2.05, 4.69) is 20.5 Å². The van der Waals surface area contributed by atoms with E-state index in [0.29, 0.717) is 5.92 Å². The zero-order chi connectivity index (χ0) is 19.3. The molecule has 1 fully saturated rings. The van der Waals surface area contributed by atoms with Crippen molar-refractivity contribution in [2.24, 2.45) is 10.9 Å². The standard InChI is InChI=1S/C20H33FN4O2.HI/c1-22-20(23-9-3-12-26-15-18-8-13-27-16-18)24-10-11-25(2)14-17-4-6-19(21)7-5-17;/h4-7,18H,3,8-16H2,1-2H3,(H2,22,23,24);1H. The van der Waals surface area contributed by atoms with Gasteiger partial charge in [0.15, 0.2) is 5.96 Å². The average Bonchev–Trinajstić information content (AvgIpc) is 3.18. The second kappa shape index (κ2) is 14.9. The Hall–Kier alpha value is -0.970. The van der Waals surface area contributed by atoms with Crippen LogP contribution < -0.4 is 10.6 Å². The number of rotatable bonds is 11.